The van der Waals surface area contributed by atoms with Gasteiger partial charge in [0.05, 0.1) is 17.8 Å². The van der Waals surface area contributed by atoms with Crippen molar-refractivity contribution in [3.05, 3.63) is 54.2 Å². The molecule has 0 radical (unpaired) electrons. The molecule has 3 heterocycles. The zero-order valence-corrected chi connectivity index (χ0v) is 19.1. The first-order chi connectivity index (χ1) is 16.2. The molecule has 1 saturated heterocycles. The molecule has 0 spiro atoms. The summed E-state index contributed by atoms with van der Waals surface area (Å²) in [6.45, 7) is 7.25. The van der Waals surface area contributed by atoms with Crippen LogP contribution in [0.5, 0.6) is 5.75 Å². The second kappa shape index (κ2) is 9.75. The molecule has 0 saturated carbocycles. The highest BCUT2D eigenvalue weighted by molar-refractivity contribution is 6.00. The Morgan fingerprint density at radius 3 is 2.70 bits per heavy atom. The number of ether oxygens (including phenoxy) is 1. The van der Waals surface area contributed by atoms with Crippen molar-refractivity contribution < 1.29 is 9.53 Å². The molecule has 3 N–H and O–H groups in total. The summed E-state index contributed by atoms with van der Waals surface area (Å²) < 4.78 is 7.98. The fourth-order valence-electron chi connectivity index (χ4n) is 5.05. The Bertz CT molecular complexity index is 1120. The Morgan fingerprint density at radius 2 is 1.85 bits per heavy atom. The lowest BCUT2D eigenvalue weighted by Crippen LogP contribution is -2.46. The minimum Gasteiger partial charge on any atom is -0.493 e. The Kier molecular flexibility index (Phi) is 6.39. The normalized spacial score (nSPS) is 16.4. The van der Waals surface area contributed by atoms with Crippen LogP contribution in [0.2, 0.25) is 0 Å². The molecule has 7 nitrogen and oxygen atoms in total. The van der Waals surface area contributed by atoms with E-state index in [0.29, 0.717) is 0 Å². The first-order valence-electron chi connectivity index (χ1n) is 12.0. The molecule has 33 heavy (non-hydrogen) atoms. The smallest absolute Gasteiger partial charge is 0.316 e. The van der Waals surface area contributed by atoms with Crippen molar-refractivity contribution in [1.29, 1.82) is 0 Å². The Balaban J connectivity index is 1.10. The molecule has 1 fully saturated rings. The van der Waals surface area contributed by atoms with Gasteiger partial charge in [0.1, 0.15) is 5.75 Å². The van der Waals surface area contributed by atoms with Gasteiger partial charge in [-0.25, -0.2) is 4.79 Å². The number of nitrogens with zero attached hydrogens (tertiary/aromatic N) is 3. The predicted octanol–water partition coefficient (Wildman–Crippen LogP) is 4.06. The van der Waals surface area contributed by atoms with Crippen molar-refractivity contribution in [3.63, 3.8) is 0 Å². The number of amides is 2. The maximum absolute atomic E-state index is 11.3. The molecule has 2 aromatic carbocycles. The number of aromatic nitrogens is 1. The average molecular weight is 448 g/mol. The quantitative estimate of drug-likeness (QED) is 0.536. The summed E-state index contributed by atoms with van der Waals surface area (Å²) in [7, 11) is 0. The number of para-hydroxylation sites is 1. The number of carbonyl (C=O) groups is 1. The number of carbonyl (C=O) groups excluding carboxylic acids is 1. The van der Waals surface area contributed by atoms with Crippen LogP contribution in [0.1, 0.15) is 24.8 Å². The maximum Gasteiger partial charge on any atom is 0.316 e. The van der Waals surface area contributed by atoms with E-state index in [4.69, 9.17) is 10.5 Å². The van der Waals surface area contributed by atoms with Gasteiger partial charge in [-0.2, -0.15) is 0 Å². The third kappa shape index (κ3) is 4.93. The van der Waals surface area contributed by atoms with Gasteiger partial charge in [0.15, 0.2) is 0 Å². The average Bonchev–Trinajstić information content (AvgIpc) is 3.19. The minimum atomic E-state index is -0.527. The number of unbranched alkanes of at least 4 members (excludes halogenated alkanes) is 1. The number of fused-ring (bicyclic) bond motifs is 2. The summed E-state index contributed by atoms with van der Waals surface area (Å²) in [5.41, 5.74) is 9.93. The van der Waals surface area contributed by atoms with E-state index in [1.165, 1.54) is 11.3 Å². The van der Waals surface area contributed by atoms with E-state index in [0.717, 1.165) is 93.9 Å². The molecule has 2 aliphatic heterocycles. The summed E-state index contributed by atoms with van der Waals surface area (Å²) >= 11 is 0. The van der Waals surface area contributed by atoms with Crippen LogP contribution in [0.15, 0.2) is 48.7 Å². The number of hydrogen-bond acceptors (Lipinski definition) is 4. The fraction of sp³-hybridized carbons (Fsp3) is 0.423. The van der Waals surface area contributed by atoms with Crippen LogP contribution >= 0.6 is 0 Å². The Hall–Kier alpha value is -3.19. The van der Waals surface area contributed by atoms with E-state index in [-0.39, 0.29) is 0 Å². The Labute approximate surface area is 195 Å². The molecule has 5 rings (SSSR count). The van der Waals surface area contributed by atoms with Crippen molar-refractivity contribution in [3.8, 4) is 5.75 Å². The highest BCUT2D eigenvalue weighted by atomic mass is 16.5. The maximum atomic E-state index is 11.3. The van der Waals surface area contributed by atoms with E-state index < -0.39 is 6.03 Å². The first kappa shape index (κ1) is 21.6. The molecule has 174 valence electrons. The van der Waals surface area contributed by atoms with Gasteiger partial charge in [0, 0.05) is 50.0 Å². The van der Waals surface area contributed by atoms with Crippen molar-refractivity contribution >= 4 is 28.3 Å². The molecule has 0 unspecified atom stereocenters. The third-order valence-electron chi connectivity index (χ3n) is 6.80. The van der Waals surface area contributed by atoms with Gasteiger partial charge in [-0.1, -0.05) is 18.2 Å². The molecule has 7 heteroatoms. The monoisotopic (exact) mass is 447 g/mol. The van der Waals surface area contributed by atoms with Gasteiger partial charge in [-0.05, 0) is 62.1 Å². The summed E-state index contributed by atoms with van der Waals surface area (Å²) in [5, 5.41) is 3.77. The molecule has 3 aromatic rings. The first-order valence-corrected chi connectivity index (χ1v) is 12.0. The molecule has 2 aliphatic rings. The van der Waals surface area contributed by atoms with Crippen LogP contribution in [0.25, 0.3) is 10.9 Å². The van der Waals surface area contributed by atoms with Gasteiger partial charge < -0.3 is 25.3 Å². The largest absolute Gasteiger partial charge is 0.493 e. The molecule has 0 bridgehead atoms. The lowest BCUT2D eigenvalue weighted by Gasteiger charge is -2.36. The van der Waals surface area contributed by atoms with Gasteiger partial charge >= 0.3 is 6.03 Å². The second-order valence-electron chi connectivity index (χ2n) is 9.02. The number of benzene rings is 2. The van der Waals surface area contributed by atoms with E-state index in [1.807, 2.05) is 24.4 Å². The molecular weight excluding hydrogens is 414 g/mol. The molecule has 0 aliphatic carbocycles. The summed E-state index contributed by atoms with van der Waals surface area (Å²) in [6.07, 6.45) is 6.49. The van der Waals surface area contributed by atoms with E-state index in [2.05, 4.69) is 43.9 Å². The number of aryl methyl sites for hydroxylation is 2. The number of nitrogens with two attached hydrogens (primary N) is 1. The fourth-order valence-corrected chi connectivity index (χ4v) is 5.05. The summed E-state index contributed by atoms with van der Waals surface area (Å²) in [4.78, 5) is 16.4. The van der Waals surface area contributed by atoms with Crippen LogP contribution in [0, 0.1) is 0 Å². The van der Waals surface area contributed by atoms with Crippen molar-refractivity contribution in [2.24, 2.45) is 5.73 Å². The number of urea groups is 1. The van der Waals surface area contributed by atoms with Crippen molar-refractivity contribution in [1.82, 2.24) is 9.47 Å². The van der Waals surface area contributed by atoms with Crippen LogP contribution < -0.4 is 20.7 Å². The van der Waals surface area contributed by atoms with E-state index in [1.54, 1.807) is 0 Å². The van der Waals surface area contributed by atoms with Gasteiger partial charge in [0.25, 0.3) is 0 Å². The SMILES string of the molecule is NC(=O)Nc1cn(CCCCN2CCN(c3ccc4c(c3)CCCO4)CC2)c2ccccc12. The molecule has 1 aromatic heterocycles. The third-order valence-corrected chi connectivity index (χ3v) is 6.80. The van der Waals surface area contributed by atoms with Crippen LogP contribution in [0.4, 0.5) is 16.2 Å². The molecule has 0 atom stereocenters. The summed E-state index contributed by atoms with van der Waals surface area (Å²) in [5.74, 6) is 1.07. The lowest BCUT2D eigenvalue weighted by atomic mass is 10.0. The second-order valence-corrected chi connectivity index (χ2v) is 9.02. The Morgan fingerprint density at radius 1 is 1.03 bits per heavy atom. The van der Waals surface area contributed by atoms with Crippen LogP contribution in [-0.2, 0) is 13.0 Å². The van der Waals surface area contributed by atoms with Crippen molar-refractivity contribution in [2.75, 3.05) is 49.5 Å². The number of rotatable bonds is 7. The highest BCUT2D eigenvalue weighted by Crippen LogP contribution is 2.30. The van der Waals surface area contributed by atoms with Crippen LogP contribution in [0.3, 0.4) is 0 Å². The highest BCUT2D eigenvalue weighted by Gasteiger charge is 2.19. The van der Waals surface area contributed by atoms with Gasteiger partial charge in [-0.3, -0.25) is 4.90 Å². The zero-order valence-electron chi connectivity index (χ0n) is 19.1. The number of anilines is 2. The molecular formula is C26H33N5O2. The minimum absolute atomic E-state index is 0.527. The zero-order chi connectivity index (χ0) is 22.6. The number of piperazine rings is 1. The van der Waals surface area contributed by atoms with Gasteiger partial charge in [0.2, 0.25) is 0 Å². The standard InChI is InChI=1S/C26H33N5O2/c27-26(32)28-23-19-31(24-8-2-1-7-22(23)24)12-4-3-11-29-13-15-30(16-14-29)21-9-10-25-20(18-21)6-5-17-33-25/h1-2,7-10,18-19H,3-6,11-17H2,(H3,27,28,32). The number of nitrogens with one attached hydrogen (secondary N) is 1. The molecule has 2 amide bonds. The number of primary amides is 1. The predicted molar refractivity (Wildman–Crippen MR) is 133 cm³/mol. The summed E-state index contributed by atoms with van der Waals surface area (Å²) in [6, 6.07) is 14.3. The van der Waals surface area contributed by atoms with Gasteiger partial charge in [-0.15, -0.1) is 0 Å². The van der Waals surface area contributed by atoms with E-state index in [9.17, 15) is 4.79 Å². The topological polar surface area (TPSA) is 75.8 Å². The van der Waals surface area contributed by atoms with Crippen molar-refractivity contribution in [2.45, 2.75) is 32.2 Å². The lowest BCUT2D eigenvalue weighted by molar-refractivity contribution is 0.251. The van der Waals surface area contributed by atoms with E-state index >= 15 is 0 Å². The number of hydrogen-bond donors (Lipinski definition) is 2. The van der Waals surface area contributed by atoms with Crippen LogP contribution in [-0.4, -0.2) is 54.8 Å².